The molecule has 0 unspecified atom stereocenters. The topological polar surface area (TPSA) is 58.6 Å². The van der Waals surface area contributed by atoms with Crippen LogP contribution in [0.1, 0.15) is 0 Å². The summed E-state index contributed by atoms with van der Waals surface area (Å²) in [7, 11) is -0.984. The molecule has 0 aliphatic rings. The summed E-state index contributed by atoms with van der Waals surface area (Å²) < 4.78 is 11.2. The lowest BCUT2D eigenvalue weighted by Gasteiger charge is -1.89. The van der Waals surface area contributed by atoms with E-state index in [2.05, 4.69) is 15.0 Å². The minimum absolute atomic E-state index is 0.732. The van der Waals surface area contributed by atoms with Gasteiger partial charge in [-0.1, -0.05) is 0 Å². The summed E-state index contributed by atoms with van der Waals surface area (Å²) in [6.45, 7) is 0. The summed E-state index contributed by atoms with van der Waals surface area (Å²) in [5.74, 6) is 0. The van der Waals surface area contributed by atoms with Gasteiger partial charge in [-0.2, -0.15) is 0 Å². The van der Waals surface area contributed by atoms with Crippen LogP contribution in [0.25, 0.3) is 11.0 Å². The normalized spacial score (nSPS) is 13.4. The first-order valence-corrected chi connectivity index (χ1v) is 4.95. The van der Waals surface area contributed by atoms with Crippen molar-refractivity contribution in [2.24, 2.45) is 0 Å². The second kappa shape index (κ2) is 2.67. The third kappa shape index (κ3) is 1.02. The number of rotatable bonds is 1. The van der Waals surface area contributed by atoms with Gasteiger partial charge < -0.3 is 4.98 Å². The highest BCUT2D eigenvalue weighted by Gasteiger charge is 2.06. The van der Waals surface area contributed by atoms with Crippen LogP contribution in [-0.2, 0) is 10.8 Å². The average molecular weight is 181 g/mol. The number of H-pyrrole nitrogens is 1. The number of hydrogen-bond acceptors (Lipinski definition) is 3. The molecule has 0 saturated heterocycles. The molecule has 1 atom stereocenters. The second-order valence-corrected chi connectivity index (χ2v) is 3.74. The van der Waals surface area contributed by atoms with Crippen LogP contribution in [0.15, 0.2) is 23.6 Å². The van der Waals surface area contributed by atoms with Gasteiger partial charge in [-0.05, 0) is 0 Å². The molecular formula is C7H7N3OS. The van der Waals surface area contributed by atoms with Crippen LogP contribution in [0, 0.1) is 0 Å². The maximum absolute atomic E-state index is 11.2. The van der Waals surface area contributed by atoms with E-state index in [1.54, 1.807) is 18.6 Å². The molecule has 0 fully saturated rings. The molecule has 0 spiro atoms. The lowest BCUT2D eigenvalue weighted by Crippen LogP contribution is -1.85. The fourth-order valence-corrected chi connectivity index (χ4v) is 1.76. The third-order valence-corrected chi connectivity index (χ3v) is 2.58. The summed E-state index contributed by atoms with van der Waals surface area (Å²) in [5.41, 5.74) is 0.732. The predicted molar refractivity (Wildman–Crippen MR) is 46.2 cm³/mol. The van der Waals surface area contributed by atoms with Crippen molar-refractivity contribution in [2.75, 3.05) is 6.26 Å². The molecule has 2 heterocycles. The van der Waals surface area contributed by atoms with Crippen molar-refractivity contribution in [1.29, 1.82) is 0 Å². The van der Waals surface area contributed by atoms with Crippen molar-refractivity contribution in [1.82, 2.24) is 15.0 Å². The molecule has 0 saturated carbocycles. The Labute approximate surface area is 71.5 Å². The van der Waals surface area contributed by atoms with Crippen LogP contribution in [0.4, 0.5) is 0 Å². The smallest absolute Gasteiger partial charge is 0.141 e. The Kier molecular flexibility index (Phi) is 1.65. The summed E-state index contributed by atoms with van der Waals surface area (Å²) in [5, 5.41) is 0.832. The molecular weight excluding hydrogens is 174 g/mol. The lowest BCUT2D eigenvalue weighted by molar-refractivity contribution is 0.687. The van der Waals surface area contributed by atoms with Gasteiger partial charge in [0.2, 0.25) is 0 Å². The van der Waals surface area contributed by atoms with Crippen LogP contribution in [0.5, 0.6) is 0 Å². The van der Waals surface area contributed by atoms with Crippen LogP contribution < -0.4 is 0 Å². The van der Waals surface area contributed by atoms with E-state index in [1.165, 1.54) is 6.33 Å². The average Bonchev–Trinajstić information content (AvgIpc) is 2.47. The Morgan fingerprint density at radius 1 is 1.58 bits per heavy atom. The van der Waals surface area contributed by atoms with Crippen LogP contribution in [0.2, 0.25) is 0 Å². The zero-order valence-corrected chi connectivity index (χ0v) is 7.26. The molecule has 62 valence electrons. The van der Waals surface area contributed by atoms with Crippen LogP contribution >= 0.6 is 0 Å². The quantitative estimate of drug-likeness (QED) is 0.704. The minimum Gasteiger partial charge on any atom is -0.345 e. The van der Waals surface area contributed by atoms with Gasteiger partial charge in [-0.3, -0.25) is 4.21 Å². The highest BCUT2D eigenvalue weighted by atomic mass is 32.2. The van der Waals surface area contributed by atoms with Gasteiger partial charge in [-0.25, -0.2) is 9.97 Å². The van der Waals surface area contributed by atoms with E-state index < -0.39 is 10.8 Å². The van der Waals surface area contributed by atoms with Gasteiger partial charge in [0.15, 0.2) is 0 Å². The molecule has 2 aromatic rings. The number of fused-ring (bicyclic) bond motifs is 1. The first-order valence-electron chi connectivity index (χ1n) is 3.39. The first kappa shape index (κ1) is 7.42. The molecule has 12 heavy (non-hydrogen) atoms. The Bertz CT molecular complexity index is 437. The summed E-state index contributed by atoms with van der Waals surface area (Å²) in [6, 6.07) is 0. The highest BCUT2D eigenvalue weighted by Crippen LogP contribution is 2.16. The summed E-state index contributed by atoms with van der Waals surface area (Å²) in [4.78, 5) is 11.5. The fraction of sp³-hybridized carbons (Fsp3) is 0.143. The zero-order valence-electron chi connectivity index (χ0n) is 6.44. The van der Waals surface area contributed by atoms with Gasteiger partial charge >= 0.3 is 0 Å². The van der Waals surface area contributed by atoms with E-state index in [9.17, 15) is 4.21 Å². The standard InChI is InChI=1S/C7H7N3OS/c1-12(11)6-3-9-7-5(6)2-8-4-10-7/h2-4H,1H3,(H,8,9,10)/t12-/m1/s1. The van der Waals surface area contributed by atoms with E-state index in [4.69, 9.17) is 0 Å². The summed E-state index contributed by atoms with van der Waals surface area (Å²) >= 11 is 0. The maximum atomic E-state index is 11.2. The molecule has 0 bridgehead atoms. The number of aromatic nitrogens is 3. The maximum Gasteiger partial charge on any atom is 0.141 e. The number of nitrogens with zero attached hydrogens (tertiary/aromatic N) is 2. The van der Waals surface area contributed by atoms with Gasteiger partial charge in [0.25, 0.3) is 0 Å². The summed E-state index contributed by atoms with van der Waals surface area (Å²) in [6.07, 6.45) is 6.46. The molecule has 4 nitrogen and oxygen atoms in total. The Morgan fingerprint density at radius 3 is 3.17 bits per heavy atom. The van der Waals surface area contributed by atoms with E-state index >= 15 is 0 Å². The monoisotopic (exact) mass is 181 g/mol. The van der Waals surface area contributed by atoms with Gasteiger partial charge in [-0.15, -0.1) is 0 Å². The van der Waals surface area contributed by atoms with Crippen molar-refractivity contribution < 1.29 is 4.21 Å². The van der Waals surface area contributed by atoms with E-state index in [1.807, 2.05) is 0 Å². The van der Waals surface area contributed by atoms with E-state index in [-0.39, 0.29) is 0 Å². The molecule has 5 heteroatoms. The zero-order chi connectivity index (χ0) is 8.55. The highest BCUT2D eigenvalue weighted by molar-refractivity contribution is 7.84. The molecule has 0 aliphatic carbocycles. The van der Waals surface area contributed by atoms with Crippen molar-refractivity contribution in [2.45, 2.75) is 4.90 Å². The SMILES string of the molecule is C[S@@](=O)c1c[nH]c2ncncc12. The predicted octanol–water partition coefficient (Wildman–Crippen LogP) is 0.695. The molecule has 2 aromatic heterocycles. The molecule has 1 N–H and O–H groups in total. The van der Waals surface area contributed by atoms with Crippen molar-refractivity contribution in [3.8, 4) is 0 Å². The minimum atomic E-state index is -0.984. The van der Waals surface area contributed by atoms with Crippen molar-refractivity contribution in [3.63, 3.8) is 0 Å². The Morgan fingerprint density at radius 2 is 2.42 bits per heavy atom. The largest absolute Gasteiger partial charge is 0.345 e. The van der Waals surface area contributed by atoms with Crippen molar-refractivity contribution >= 4 is 21.8 Å². The third-order valence-electron chi connectivity index (χ3n) is 1.63. The molecule has 0 aromatic carbocycles. The number of aromatic amines is 1. The number of nitrogens with one attached hydrogen (secondary N) is 1. The van der Waals surface area contributed by atoms with Crippen LogP contribution in [0.3, 0.4) is 0 Å². The second-order valence-electron chi connectivity index (χ2n) is 2.39. The molecule has 2 rings (SSSR count). The molecule has 0 aliphatic heterocycles. The van der Waals surface area contributed by atoms with Crippen molar-refractivity contribution in [3.05, 3.63) is 18.7 Å². The van der Waals surface area contributed by atoms with Crippen LogP contribution in [-0.4, -0.2) is 25.4 Å². The van der Waals surface area contributed by atoms with Gasteiger partial charge in [0.1, 0.15) is 12.0 Å². The van der Waals surface area contributed by atoms with Gasteiger partial charge in [0, 0.05) is 18.6 Å². The fourth-order valence-electron chi connectivity index (χ4n) is 1.07. The van der Waals surface area contributed by atoms with E-state index in [0.717, 1.165) is 15.9 Å². The number of hydrogen-bond donors (Lipinski definition) is 1. The first-order chi connectivity index (χ1) is 5.79. The Balaban J connectivity index is 2.79. The van der Waals surface area contributed by atoms with Gasteiger partial charge in [0.05, 0.1) is 21.1 Å². The molecule has 0 radical (unpaired) electrons. The molecule has 0 amide bonds. The van der Waals surface area contributed by atoms with E-state index in [0.29, 0.717) is 0 Å². The Hall–Kier alpha value is -1.23. The lowest BCUT2D eigenvalue weighted by atomic mass is 10.4.